The van der Waals surface area contributed by atoms with E-state index >= 15 is 0 Å². The summed E-state index contributed by atoms with van der Waals surface area (Å²) in [7, 11) is 0. The molecule has 2 atom stereocenters. The number of pyridine rings is 1. The van der Waals surface area contributed by atoms with Crippen molar-refractivity contribution in [1.82, 2.24) is 14.9 Å². The van der Waals surface area contributed by atoms with Gasteiger partial charge in [0.2, 0.25) is 0 Å². The van der Waals surface area contributed by atoms with Crippen molar-refractivity contribution < 1.29 is 4.39 Å². The SMILES string of the molecule is Fc1ccccc1N1C(=S)N[C@H](c2ccccn2)[C@@H]1c1cccn1-c1cccc(Cl)c1. The lowest BCUT2D eigenvalue weighted by Gasteiger charge is -2.29. The van der Waals surface area contributed by atoms with Gasteiger partial charge in [-0.25, -0.2) is 4.39 Å². The summed E-state index contributed by atoms with van der Waals surface area (Å²) in [5.41, 5.74) is 3.10. The smallest absolute Gasteiger partial charge is 0.174 e. The van der Waals surface area contributed by atoms with Gasteiger partial charge < -0.3 is 14.8 Å². The third-order valence-electron chi connectivity index (χ3n) is 5.38. The normalized spacial score (nSPS) is 18.3. The number of thiocarbonyl (C=S) groups is 1. The summed E-state index contributed by atoms with van der Waals surface area (Å²) in [5.74, 6) is -0.334. The quantitative estimate of drug-likeness (QED) is 0.397. The van der Waals surface area contributed by atoms with Crippen LogP contribution in [0, 0.1) is 5.82 Å². The molecule has 1 saturated heterocycles. The highest BCUT2D eigenvalue weighted by Crippen LogP contribution is 2.42. The van der Waals surface area contributed by atoms with E-state index in [0.717, 1.165) is 17.1 Å². The molecule has 154 valence electrons. The predicted octanol–water partition coefficient (Wildman–Crippen LogP) is 5.84. The van der Waals surface area contributed by atoms with Crippen LogP contribution in [-0.2, 0) is 0 Å². The lowest BCUT2D eigenvalue weighted by Crippen LogP contribution is -2.31. The molecule has 1 aliphatic heterocycles. The molecular weight excluding hydrogens is 431 g/mol. The number of para-hydroxylation sites is 1. The van der Waals surface area contributed by atoms with Crippen LogP contribution in [0.4, 0.5) is 10.1 Å². The summed E-state index contributed by atoms with van der Waals surface area (Å²) in [6.45, 7) is 0. The zero-order valence-electron chi connectivity index (χ0n) is 16.3. The third-order valence-corrected chi connectivity index (χ3v) is 5.93. The molecule has 0 aliphatic carbocycles. The summed E-state index contributed by atoms with van der Waals surface area (Å²) in [6.07, 6.45) is 3.72. The van der Waals surface area contributed by atoms with Gasteiger partial charge in [0.1, 0.15) is 11.9 Å². The zero-order chi connectivity index (χ0) is 21.4. The van der Waals surface area contributed by atoms with Crippen molar-refractivity contribution in [3.8, 4) is 5.69 Å². The number of hydrogen-bond donors (Lipinski definition) is 1. The molecule has 1 N–H and O–H groups in total. The number of anilines is 1. The first kappa shape index (κ1) is 19.7. The van der Waals surface area contributed by atoms with Crippen LogP contribution in [0.15, 0.2) is 91.3 Å². The second-order valence-electron chi connectivity index (χ2n) is 7.23. The molecule has 1 aliphatic rings. The molecule has 0 spiro atoms. The molecular formula is C24H18ClFN4S. The summed E-state index contributed by atoms with van der Waals surface area (Å²) < 4.78 is 16.9. The highest BCUT2D eigenvalue weighted by atomic mass is 35.5. The van der Waals surface area contributed by atoms with Crippen molar-refractivity contribution in [1.29, 1.82) is 0 Å². The summed E-state index contributed by atoms with van der Waals surface area (Å²) in [4.78, 5) is 6.38. The molecule has 1 fully saturated rings. The van der Waals surface area contributed by atoms with E-state index < -0.39 is 0 Å². The minimum atomic E-state index is -0.334. The van der Waals surface area contributed by atoms with Crippen LogP contribution in [0.2, 0.25) is 5.02 Å². The molecule has 4 nitrogen and oxygen atoms in total. The van der Waals surface area contributed by atoms with Gasteiger partial charge in [-0.2, -0.15) is 0 Å². The minimum absolute atomic E-state index is 0.263. The number of nitrogens with zero attached hydrogens (tertiary/aromatic N) is 3. The van der Waals surface area contributed by atoms with Gasteiger partial charge in [0, 0.05) is 28.8 Å². The van der Waals surface area contributed by atoms with E-state index in [1.54, 1.807) is 18.3 Å². The van der Waals surface area contributed by atoms with Gasteiger partial charge in [0.15, 0.2) is 5.11 Å². The van der Waals surface area contributed by atoms with Crippen molar-refractivity contribution in [3.05, 3.63) is 113 Å². The van der Waals surface area contributed by atoms with Gasteiger partial charge in [-0.05, 0) is 66.8 Å². The number of aromatic nitrogens is 2. The average molecular weight is 449 g/mol. The van der Waals surface area contributed by atoms with E-state index in [1.807, 2.05) is 71.8 Å². The molecule has 0 bridgehead atoms. The maximum atomic E-state index is 14.9. The Morgan fingerprint density at radius 2 is 1.81 bits per heavy atom. The molecule has 0 radical (unpaired) electrons. The van der Waals surface area contributed by atoms with Crippen LogP contribution in [0.1, 0.15) is 23.5 Å². The van der Waals surface area contributed by atoms with Gasteiger partial charge in [-0.1, -0.05) is 35.9 Å². The second-order valence-corrected chi connectivity index (χ2v) is 8.05. The topological polar surface area (TPSA) is 33.1 Å². The number of hydrogen-bond acceptors (Lipinski definition) is 2. The second kappa shape index (κ2) is 8.13. The van der Waals surface area contributed by atoms with Crippen molar-refractivity contribution >= 4 is 34.6 Å². The van der Waals surface area contributed by atoms with Crippen molar-refractivity contribution in [2.75, 3.05) is 4.90 Å². The Balaban J connectivity index is 1.69. The first-order valence-corrected chi connectivity index (χ1v) is 10.6. The first-order chi connectivity index (χ1) is 15.1. The van der Waals surface area contributed by atoms with Crippen molar-refractivity contribution in [2.45, 2.75) is 12.1 Å². The fourth-order valence-electron chi connectivity index (χ4n) is 4.06. The lowest BCUT2D eigenvalue weighted by atomic mass is 10.0. The number of halogens is 2. The average Bonchev–Trinajstić information content (AvgIpc) is 3.39. The molecule has 31 heavy (non-hydrogen) atoms. The Morgan fingerprint density at radius 3 is 2.58 bits per heavy atom. The van der Waals surface area contributed by atoms with Crippen LogP contribution in [-0.4, -0.2) is 14.7 Å². The highest BCUT2D eigenvalue weighted by Gasteiger charge is 2.42. The summed E-state index contributed by atoms with van der Waals surface area (Å²) in [5, 5.41) is 4.45. The number of benzene rings is 2. The van der Waals surface area contributed by atoms with Gasteiger partial charge in [0.25, 0.3) is 0 Å². The predicted molar refractivity (Wildman–Crippen MR) is 125 cm³/mol. The van der Waals surface area contributed by atoms with Gasteiger partial charge in [-0.3, -0.25) is 4.98 Å². The molecule has 5 rings (SSSR count). The van der Waals surface area contributed by atoms with Crippen molar-refractivity contribution in [3.63, 3.8) is 0 Å². The summed E-state index contributed by atoms with van der Waals surface area (Å²) in [6, 6.07) is 23.4. The maximum Gasteiger partial charge on any atom is 0.174 e. The maximum absolute atomic E-state index is 14.9. The van der Waals surface area contributed by atoms with Crippen LogP contribution in [0.5, 0.6) is 0 Å². The van der Waals surface area contributed by atoms with Crippen LogP contribution >= 0.6 is 23.8 Å². The van der Waals surface area contributed by atoms with Crippen LogP contribution in [0.3, 0.4) is 0 Å². The van der Waals surface area contributed by atoms with E-state index in [1.165, 1.54) is 6.07 Å². The van der Waals surface area contributed by atoms with Gasteiger partial charge in [0.05, 0.1) is 17.4 Å². The van der Waals surface area contributed by atoms with E-state index in [4.69, 9.17) is 23.8 Å². The third kappa shape index (κ3) is 3.58. The van der Waals surface area contributed by atoms with Crippen molar-refractivity contribution in [2.24, 2.45) is 0 Å². The molecule has 4 aromatic rings. The molecule has 7 heteroatoms. The van der Waals surface area contributed by atoms with Gasteiger partial charge >= 0.3 is 0 Å². The number of nitrogens with one attached hydrogen (secondary N) is 1. The standard InChI is InChI=1S/C24H18ClFN4S/c25-16-7-5-8-17(15-16)29-14-6-12-21(29)23-22(19-10-3-4-13-27-19)28-24(31)30(23)20-11-2-1-9-18(20)26/h1-15,22-23H,(H,28,31)/t22-,23+/m1/s1. The molecule has 3 heterocycles. The Morgan fingerprint density at radius 1 is 0.968 bits per heavy atom. The lowest BCUT2D eigenvalue weighted by molar-refractivity contribution is 0.542. The van der Waals surface area contributed by atoms with E-state index in [-0.39, 0.29) is 17.9 Å². The van der Waals surface area contributed by atoms with Crippen LogP contribution < -0.4 is 10.2 Å². The fourth-order valence-corrected chi connectivity index (χ4v) is 4.58. The minimum Gasteiger partial charge on any atom is -0.351 e. The summed E-state index contributed by atoms with van der Waals surface area (Å²) >= 11 is 11.9. The molecule has 0 saturated carbocycles. The molecule has 0 unspecified atom stereocenters. The Labute approximate surface area is 189 Å². The highest BCUT2D eigenvalue weighted by molar-refractivity contribution is 7.80. The Kier molecular flexibility index (Phi) is 5.18. The molecule has 2 aromatic heterocycles. The molecule has 2 aromatic carbocycles. The Bertz CT molecular complexity index is 1240. The first-order valence-electron chi connectivity index (χ1n) is 9.82. The Hall–Kier alpha value is -3.22. The monoisotopic (exact) mass is 448 g/mol. The zero-order valence-corrected chi connectivity index (χ0v) is 17.9. The fraction of sp³-hybridized carbons (Fsp3) is 0.0833. The van der Waals surface area contributed by atoms with Gasteiger partial charge in [-0.15, -0.1) is 0 Å². The largest absolute Gasteiger partial charge is 0.351 e. The number of rotatable bonds is 4. The van der Waals surface area contributed by atoms with E-state index in [2.05, 4.69) is 14.9 Å². The van der Waals surface area contributed by atoms with E-state index in [0.29, 0.717) is 15.8 Å². The molecule has 0 amide bonds. The van der Waals surface area contributed by atoms with Crippen LogP contribution in [0.25, 0.3) is 5.69 Å². The van der Waals surface area contributed by atoms with E-state index in [9.17, 15) is 4.39 Å².